The number of nitrogens with one attached hydrogen (secondary N) is 1. The molecular weight excluding hydrogens is 514 g/mol. The van der Waals surface area contributed by atoms with Gasteiger partial charge in [-0.05, 0) is 54.8 Å². The minimum absolute atomic E-state index is 0.0186. The Morgan fingerprint density at radius 1 is 1.16 bits per heavy atom. The van der Waals surface area contributed by atoms with Crippen molar-refractivity contribution in [2.75, 3.05) is 7.11 Å². The van der Waals surface area contributed by atoms with E-state index in [-0.39, 0.29) is 23.6 Å². The summed E-state index contributed by atoms with van der Waals surface area (Å²) in [5, 5.41) is 20.7. The fraction of sp³-hybridized carbons (Fsp3) is 0.292. The van der Waals surface area contributed by atoms with Crippen LogP contribution in [0.15, 0.2) is 44.7 Å². The highest BCUT2D eigenvalue weighted by molar-refractivity contribution is 8.26. The Labute approximate surface area is 220 Å². The average Bonchev–Trinajstić information content (AvgIpc) is 3.50. The number of amides is 1. The van der Waals surface area contributed by atoms with Crippen LogP contribution in [0.1, 0.15) is 43.0 Å². The van der Waals surface area contributed by atoms with E-state index in [1.54, 1.807) is 24.3 Å². The van der Waals surface area contributed by atoms with E-state index in [0.29, 0.717) is 32.9 Å². The number of aromatic nitrogens is 3. The summed E-state index contributed by atoms with van der Waals surface area (Å²) in [6.45, 7) is 4.08. The van der Waals surface area contributed by atoms with Crippen LogP contribution in [0.5, 0.6) is 11.5 Å². The molecule has 0 spiro atoms. The molecule has 0 aliphatic carbocycles. The summed E-state index contributed by atoms with van der Waals surface area (Å²) in [7, 11) is 1.51. The number of carbonyl (C=O) groups excluding carboxylic acids is 1. The number of methoxy groups -OCH3 is 1. The monoisotopic (exact) mass is 537 g/mol. The Morgan fingerprint density at radius 3 is 2.76 bits per heavy atom. The third-order valence-corrected chi connectivity index (χ3v) is 7.50. The molecule has 37 heavy (non-hydrogen) atoms. The van der Waals surface area contributed by atoms with Crippen LogP contribution in [0.3, 0.4) is 0 Å². The first-order valence-corrected chi connectivity index (χ1v) is 13.2. The fourth-order valence-electron chi connectivity index (χ4n) is 3.67. The van der Waals surface area contributed by atoms with Gasteiger partial charge in [0.25, 0.3) is 11.5 Å². The number of hydrazone groups is 1. The Bertz CT molecular complexity index is 1570. The van der Waals surface area contributed by atoms with Crippen molar-refractivity contribution in [1.29, 1.82) is 5.41 Å². The number of fused-ring (bicyclic) bond motifs is 2. The highest BCUT2D eigenvalue weighted by Gasteiger charge is 2.35. The lowest BCUT2D eigenvalue weighted by Crippen LogP contribution is -2.35. The summed E-state index contributed by atoms with van der Waals surface area (Å²) in [4.78, 5) is 34.2. The molecule has 2 aliphatic heterocycles. The highest BCUT2D eigenvalue weighted by atomic mass is 32.2. The van der Waals surface area contributed by atoms with Gasteiger partial charge in [0.05, 0.1) is 18.4 Å². The van der Waals surface area contributed by atoms with Gasteiger partial charge in [0.1, 0.15) is 16.7 Å². The predicted octanol–water partition coefficient (Wildman–Crippen LogP) is 3.72. The number of aliphatic imine (C=N–C) groups is 1. The van der Waals surface area contributed by atoms with E-state index < -0.39 is 5.91 Å². The number of amidine groups is 2. The number of rotatable bonds is 8. The first-order valence-electron chi connectivity index (χ1n) is 11.6. The molecule has 3 aromatic rings. The van der Waals surface area contributed by atoms with Gasteiger partial charge in [-0.15, -0.1) is 0 Å². The number of thioether (sulfide) groups is 1. The number of ether oxygens (including phenoxy) is 2. The molecule has 1 aromatic carbocycles. The van der Waals surface area contributed by atoms with Gasteiger partial charge >= 0.3 is 0 Å². The molecule has 190 valence electrons. The first kappa shape index (κ1) is 24.8. The molecule has 0 bridgehead atoms. The van der Waals surface area contributed by atoms with Gasteiger partial charge in [-0.1, -0.05) is 31.3 Å². The van der Waals surface area contributed by atoms with E-state index in [1.165, 1.54) is 45.8 Å². The molecule has 0 saturated heterocycles. The SMILES string of the molecule is CCCC1=NN2C(=N)/C(=C\c3ccc(OCc4cc(=O)n5nc(CC)sc5n4)c(OC)c3)C(=O)N=C2S1. The van der Waals surface area contributed by atoms with Crippen LogP contribution in [0.25, 0.3) is 11.0 Å². The zero-order chi connectivity index (χ0) is 26.1. The predicted molar refractivity (Wildman–Crippen MR) is 144 cm³/mol. The van der Waals surface area contributed by atoms with Gasteiger partial charge in [-0.2, -0.15) is 24.7 Å². The van der Waals surface area contributed by atoms with E-state index in [0.717, 1.165) is 29.3 Å². The Balaban J connectivity index is 1.36. The third-order valence-electron chi connectivity index (χ3n) is 5.48. The van der Waals surface area contributed by atoms with Crippen LogP contribution < -0.4 is 15.0 Å². The molecule has 4 heterocycles. The molecule has 2 aliphatic rings. The van der Waals surface area contributed by atoms with Crippen LogP contribution >= 0.6 is 23.1 Å². The zero-order valence-electron chi connectivity index (χ0n) is 20.3. The largest absolute Gasteiger partial charge is 0.493 e. The lowest BCUT2D eigenvalue weighted by atomic mass is 10.1. The number of benzene rings is 1. The van der Waals surface area contributed by atoms with Crippen molar-refractivity contribution >= 4 is 56.1 Å². The molecule has 0 saturated carbocycles. The second-order valence-corrected chi connectivity index (χ2v) is 10.2. The molecule has 13 heteroatoms. The van der Waals surface area contributed by atoms with Crippen LogP contribution in [0.4, 0.5) is 0 Å². The van der Waals surface area contributed by atoms with Crippen molar-refractivity contribution in [3.8, 4) is 11.5 Å². The zero-order valence-corrected chi connectivity index (χ0v) is 22.0. The summed E-state index contributed by atoms with van der Waals surface area (Å²) in [5.41, 5.74) is 0.984. The molecule has 1 amide bonds. The Kier molecular flexibility index (Phi) is 6.89. The number of hydrogen-bond donors (Lipinski definition) is 1. The maximum absolute atomic E-state index is 12.7. The molecule has 2 aromatic heterocycles. The summed E-state index contributed by atoms with van der Waals surface area (Å²) >= 11 is 2.69. The van der Waals surface area contributed by atoms with E-state index in [2.05, 4.69) is 20.2 Å². The van der Waals surface area contributed by atoms with Gasteiger partial charge in [0.2, 0.25) is 10.1 Å². The van der Waals surface area contributed by atoms with Crippen LogP contribution in [0, 0.1) is 5.41 Å². The van der Waals surface area contributed by atoms with Crippen molar-refractivity contribution in [2.24, 2.45) is 10.1 Å². The lowest BCUT2D eigenvalue weighted by molar-refractivity contribution is -0.114. The van der Waals surface area contributed by atoms with Crippen molar-refractivity contribution in [3.63, 3.8) is 0 Å². The van der Waals surface area contributed by atoms with Gasteiger partial charge in [-0.25, -0.2) is 4.98 Å². The Morgan fingerprint density at radius 2 is 2.00 bits per heavy atom. The van der Waals surface area contributed by atoms with E-state index in [9.17, 15) is 9.59 Å². The quantitative estimate of drug-likeness (QED) is 0.430. The van der Waals surface area contributed by atoms with Crippen LogP contribution in [-0.4, -0.2) is 48.7 Å². The van der Waals surface area contributed by atoms with E-state index >= 15 is 0 Å². The third kappa shape index (κ3) is 4.91. The van der Waals surface area contributed by atoms with Gasteiger partial charge in [0, 0.05) is 6.07 Å². The maximum atomic E-state index is 12.7. The fourth-order valence-corrected chi connectivity index (χ4v) is 5.52. The van der Waals surface area contributed by atoms with Crippen molar-refractivity contribution < 1.29 is 14.3 Å². The first-order chi connectivity index (χ1) is 17.9. The summed E-state index contributed by atoms with van der Waals surface area (Å²) in [6.07, 6.45) is 3.99. The van der Waals surface area contributed by atoms with Crippen molar-refractivity contribution in [1.82, 2.24) is 19.6 Å². The van der Waals surface area contributed by atoms with Gasteiger partial charge in [-0.3, -0.25) is 15.0 Å². The van der Waals surface area contributed by atoms with Crippen LogP contribution in [-0.2, 0) is 17.8 Å². The molecular formula is C24H23N7O4S2. The van der Waals surface area contributed by atoms with Gasteiger partial charge in [0.15, 0.2) is 17.3 Å². The molecule has 0 unspecified atom stereocenters. The van der Waals surface area contributed by atoms with E-state index in [4.69, 9.17) is 14.9 Å². The molecule has 0 fully saturated rings. The number of hydrogen-bond acceptors (Lipinski definition) is 10. The topological polar surface area (TPSA) is 135 Å². The molecule has 5 rings (SSSR count). The van der Waals surface area contributed by atoms with E-state index in [1.807, 2.05) is 13.8 Å². The second kappa shape index (κ2) is 10.3. The van der Waals surface area contributed by atoms with Gasteiger partial charge < -0.3 is 9.47 Å². The molecule has 1 N–H and O–H groups in total. The average molecular weight is 538 g/mol. The lowest BCUT2D eigenvalue weighted by Gasteiger charge is -2.20. The minimum Gasteiger partial charge on any atom is -0.493 e. The molecule has 11 nitrogen and oxygen atoms in total. The van der Waals surface area contributed by atoms with Crippen LogP contribution in [0.2, 0.25) is 0 Å². The number of aryl methyl sites for hydroxylation is 1. The molecule has 0 atom stereocenters. The van der Waals surface area contributed by atoms with Crippen molar-refractivity contribution in [2.45, 2.75) is 39.7 Å². The van der Waals surface area contributed by atoms with Crippen molar-refractivity contribution in [3.05, 3.63) is 56.5 Å². The number of carbonyl (C=O) groups is 1. The maximum Gasteiger partial charge on any atom is 0.283 e. The minimum atomic E-state index is -0.488. The number of nitrogens with zero attached hydrogens (tertiary/aromatic N) is 6. The highest BCUT2D eigenvalue weighted by Crippen LogP contribution is 2.32. The summed E-state index contributed by atoms with van der Waals surface area (Å²) in [6, 6.07) is 6.55. The second-order valence-electron chi connectivity index (χ2n) is 8.09. The molecule has 0 radical (unpaired) electrons. The standard InChI is InChI=1S/C24H23N7O4S2/c1-4-6-19-29-31-21(25)15(22(33)27-24(31)37-19)9-13-7-8-16(17(10-13)34-3)35-12-14-11-20(32)30-23(26-14)36-18(5-2)28-30/h7-11,25H,4-6,12H2,1-3H3/b15-9+,25-21?. The summed E-state index contributed by atoms with van der Waals surface area (Å²) in [5.74, 6) is 0.366. The normalized spacial score (nSPS) is 16.3. The summed E-state index contributed by atoms with van der Waals surface area (Å²) < 4.78 is 12.7. The Hall–Kier alpha value is -3.84. The smallest absolute Gasteiger partial charge is 0.283 e.